The fourth-order valence-electron chi connectivity index (χ4n) is 4.36. The summed E-state index contributed by atoms with van der Waals surface area (Å²) >= 11 is 0. The Kier molecular flexibility index (Phi) is 7.45. The molecule has 0 bridgehead atoms. The summed E-state index contributed by atoms with van der Waals surface area (Å²) in [5.74, 6) is 1.64. The van der Waals surface area contributed by atoms with Gasteiger partial charge in [0.1, 0.15) is 11.6 Å². The van der Waals surface area contributed by atoms with Crippen LogP contribution in [0.5, 0.6) is 5.75 Å². The Labute approximate surface area is 195 Å². The van der Waals surface area contributed by atoms with E-state index in [2.05, 4.69) is 46.7 Å². The molecule has 3 N–H and O–H groups in total. The maximum atomic E-state index is 12.2. The minimum absolute atomic E-state index is 0.125. The van der Waals surface area contributed by atoms with Crippen molar-refractivity contribution in [2.24, 2.45) is 0 Å². The number of pyridine rings is 1. The van der Waals surface area contributed by atoms with E-state index in [4.69, 9.17) is 15.2 Å². The predicted molar refractivity (Wildman–Crippen MR) is 131 cm³/mol. The molecule has 1 heterocycles. The molecule has 1 atom stereocenters. The van der Waals surface area contributed by atoms with Crippen LogP contribution in [-0.4, -0.2) is 30.7 Å². The first-order chi connectivity index (χ1) is 16.1. The first kappa shape index (κ1) is 22.6. The molecule has 6 nitrogen and oxygen atoms in total. The van der Waals surface area contributed by atoms with Crippen LogP contribution in [-0.2, 0) is 22.4 Å². The lowest BCUT2D eigenvalue weighted by Gasteiger charge is -2.17. The fraction of sp³-hybridized carbons (Fsp3) is 0.333. The number of aromatic nitrogens is 1. The third-order valence-electron chi connectivity index (χ3n) is 5.92. The molecule has 0 fully saturated rings. The van der Waals surface area contributed by atoms with Crippen LogP contribution in [0.15, 0.2) is 60.8 Å². The Morgan fingerprint density at radius 1 is 1.12 bits per heavy atom. The number of hydrogen-bond donors (Lipinski definition) is 2. The quantitative estimate of drug-likeness (QED) is 0.366. The van der Waals surface area contributed by atoms with E-state index < -0.39 is 0 Å². The fourth-order valence-corrected chi connectivity index (χ4v) is 4.36. The van der Waals surface area contributed by atoms with Crippen LogP contribution in [0.2, 0.25) is 0 Å². The molecule has 1 unspecified atom stereocenters. The maximum absolute atomic E-state index is 12.2. The number of anilines is 2. The van der Waals surface area contributed by atoms with Crippen molar-refractivity contribution < 1.29 is 14.3 Å². The number of carbonyl (C=O) groups is 1. The van der Waals surface area contributed by atoms with Crippen LogP contribution in [0.3, 0.4) is 0 Å². The van der Waals surface area contributed by atoms with E-state index in [1.54, 1.807) is 12.3 Å². The molecule has 3 aromatic rings. The van der Waals surface area contributed by atoms with Gasteiger partial charge in [-0.15, -0.1) is 0 Å². The molecule has 0 radical (unpaired) electrons. The largest absolute Gasteiger partial charge is 0.494 e. The third kappa shape index (κ3) is 6.04. The summed E-state index contributed by atoms with van der Waals surface area (Å²) in [6.07, 6.45) is 4.60. The summed E-state index contributed by atoms with van der Waals surface area (Å²) in [5, 5.41) is 3.26. The first-order valence-corrected chi connectivity index (χ1v) is 11.6. The molecule has 0 spiro atoms. The second kappa shape index (κ2) is 10.9. The van der Waals surface area contributed by atoms with E-state index in [0.717, 1.165) is 37.4 Å². The summed E-state index contributed by atoms with van der Waals surface area (Å²) in [5.41, 5.74) is 11.5. The van der Waals surface area contributed by atoms with Crippen molar-refractivity contribution in [1.82, 2.24) is 4.98 Å². The van der Waals surface area contributed by atoms with Gasteiger partial charge in [-0.2, -0.15) is 0 Å². The highest BCUT2D eigenvalue weighted by atomic mass is 16.5. The molecule has 1 aliphatic carbocycles. The first-order valence-electron chi connectivity index (χ1n) is 11.6. The van der Waals surface area contributed by atoms with Crippen molar-refractivity contribution >= 4 is 17.5 Å². The van der Waals surface area contributed by atoms with E-state index in [0.29, 0.717) is 25.3 Å². The van der Waals surface area contributed by atoms with Crippen molar-refractivity contribution in [2.75, 3.05) is 30.8 Å². The van der Waals surface area contributed by atoms with Gasteiger partial charge in [-0.3, -0.25) is 4.79 Å². The number of benzene rings is 2. The van der Waals surface area contributed by atoms with E-state index >= 15 is 0 Å². The van der Waals surface area contributed by atoms with Crippen LogP contribution in [0.4, 0.5) is 11.5 Å². The minimum atomic E-state index is -0.136. The van der Waals surface area contributed by atoms with Gasteiger partial charge in [-0.1, -0.05) is 30.3 Å². The molecule has 1 aliphatic rings. The van der Waals surface area contributed by atoms with Crippen LogP contribution in [0, 0.1) is 0 Å². The topological polar surface area (TPSA) is 86.5 Å². The molecular formula is C27H31N3O3. The maximum Gasteiger partial charge on any atom is 0.306 e. The zero-order chi connectivity index (χ0) is 23.0. The lowest BCUT2D eigenvalue weighted by Crippen LogP contribution is -2.13. The molecule has 1 aromatic heterocycles. The molecule has 4 rings (SSSR count). The monoisotopic (exact) mass is 445 g/mol. The van der Waals surface area contributed by atoms with Crippen molar-refractivity contribution in [3.63, 3.8) is 0 Å². The SMILES string of the molecule is CCOC(=O)CC1Cc2ccc(OCCCNc3cc(N)ccn3)cc2Cc2ccccc21. The highest BCUT2D eigenvalue weighted by Crippen LogP contribution is 2.35. The van der Waals surface area contributed by atoms with E-state index in [1.807, 2.05) is 19.1 Å². The van der Waals surface area contributed by atoms with E-state index in [1.165, 1.54) is 22.3 Å². The van der Waals surface area contributed by atoms with Crippen molar-refractivity contribution in [1.29, 1.82) is 0 Å². The lowest BCUT2D eigenvalue weighted by molar-refractivity contribution is -0.143. The average Bonchev–Trinajstić information content (AvgIpc) is 2.95. The minimum Gasteiger partial charge on any atom is -0.494 e. The van der Waals surface area contributed by atoms with Gasteiger partial charge in [0, 0.05) is 24.5 Å². The van der Waals surface area contributed by atoms with Gasteiger partial charge < -0.3 is 20.5 Å². The molecule has 6 heteroatoms. The smallest absolute Gasteiger partial charge is 0.306 e. The second-order valence-corrected chi connectivity index (χ2v) is 8.32. The molecule has 2 aromatic carbocycles. The number of esters is 1. The van der Waals surface area contributed by atoms with Gasteiger partial charge in [0.05, 0.1) is 19.6 Å². The van der Waals surface area contributed by atoms with Crippen LogP contribution >= 0.6 is 0 Å². The number of carbonyl (C=O) groups excluding carboxylic acids is 1. The Morgan fingerprint density at radius 2 is 2.00 bits per heavy atom. The van der Waals surface area contributed by atoms with E-state index in [-0.39, 0.29) is 11.9 Å². The Balaban J connectivity index is 1.38. The van der Waals surface area contributed by atoms with Gasteiger partial charge in [-0.05, 0) is 72.6 Å². The van der Waals surface area contributed by atoms with Gasteiger partial charge in [0.2, 0.25) is 0 Å². The third-order valence-corrected chi connectivity index (χ3v) is 5.92. The molecule has 0 saturated heterocycles. The van der Waals surface area contributed by atoms with E-state index in [9.17, 15) is 4.79 Å². The van der Waals surface area contributed by atoms with Crippen molar-refractivity contribution in [3.05, 3.63) is 83.0 Å². The number of nitrogens with zero attached hydrogens (tertiary/aromatic N) is 1. The molecule has 0 amide bonds. The predicted octanol–water partition coefficient (Wildman–Crippen LogP) is 4.73. The standard InChI is InChI=1S/C27H31N3O3/c1-2-32-27(31)17-22-14-19-8-9-24(16-21(19)15-20-6-3-4-7-25(20)22)33-13-5-11-29-26-18-23(28)10-12-30-26/h3-4,6-10,12,16,18,22H,2,5,11,13-15,17H2,1H3,(H3,28,29,30). The number of hydrogen-bond acceptors (Lipinski definition) is 6. The molecule has 172 valence electrons. The number of rotatable bonds is 9. The summed E-state index contributed by atoms with van der Waals surface area (Å²) < 4.78 is 11.3. The number of ether oxygens (including phenoxy) is 2. The Bertz CT molecular complexity index is 1100. The Morgan fingerprint density at radius 3 is 2.85 bits per heavy atom. The summed E-state index contributed by atoms with van der Waals surface area (Å²) in [7, 11) is 0. The number of fused-ring (bicyclic) bond motifs is 2. The molecule has 0 aliphatic heterocycles. The molecule has 33 heavy (non-hydrogen) atoms. The van der Waals surface area contributed by atoms with Gasteiger partial charge >= 0.3 is 5.97 Å². The van der Waals surface area contributed by atoms with Crippen LogP contribution in [0.1, 0.15) is 47.9 Å². The summed E-state index contributed by atoms with van der Waals surface area (Å²) in [4.78, 5) is 16.5. The van der Waals surface area contributed by atoms with Gasteiger partial charge in [-0.25, -0.2) is 4.98 Å². The number of nitrogens with one attached hydrogen (secondary N) is 1. The van der Waals surface area contributed by atoms with Crippen molar-refractivity contribution in [2.45, 2.75) is 38.5 Å². The highest BCUT2D eigenvalue weighted by molar-refractivity contribution is 5.71. The zero-order valence-corrected chi connectivity index (χ0v) is 19.0. The summed E-state index contributed by atoms with van der Waals surface area (Å²) in [6.45, 7) is 3.62. The van der Waals surface area contributed by atoms with Crippen molar-refractivity contribution in [3.8, 4) is 5.75 Å². The number of nitrogen functional groups attached to an aromatic ring is 1. The van der Waals surface area contributed by atoms with Crippen LogP contribution in [0.25, 0.3) is 0 Å². The lowest BCUT2D eigenvalue weighted by atomic mass is 9.89. The Hall–Kier alpha value is -3.54. The average molecular weight is 446 g/mol. The van der Waals surface area contributed by atoms with Gasteiger partial charge in [0.25, 0.3) is 0 Å². The second-order valence-electron chi connectivity index (χ2n) is 8.32. The molecular weight excluding hydrogens is 414 g/mol. The normalized spacial score (nSPS) is 14.5. The highest BCUT2D eigenvalue weighted by Gasteiger charge is 2.24. The van der Waals surface area contributed by atoms with Crippen LogP contribution < -0.4 is 15.8 Å². The number of nitrogens with two attached hydrogens (primary N) is 1. The van der Waals surface area contributed by atoms with Gasteiger partial charge in [0.15, 0.2) is 0 Å². The summed E-state index contributed by atoms with van der Waals surface area (Å²) in [6, 6.07) is 18.3. The molecule has 0 saturated carbocycles. The zero-order valence-electron chi connectivity index (χ0n) is 19.0.